The van der Waals surface area contributed by atoms with Gasteiger partial charge in [0.25, 0.3) is 0 Å². The highest BCUT2D eigenvalue weighted by atomic mass is 19.2. The summed E-state index contributed by atoms with van der Waals surface area (Å²) in [5.41, 5.74) is 6.41. The third-order valence-corrected chi connectivity index (χ3v) is 3.38. The molecule has 1 aromatic rings. The molecule has 0 aliphatic carbocycles. The maximum absolute atomic E-state index is 13.3. The van der Waals surface area contributed by atoms with Crippen molar-refractivity contribution in [3.05, 3.63) is 35.4 Å². The molecule has 0 aromatic heterocycles. The van der Waals surface area contributed by atoms with Crippen LogP contribution in [0, 0.1) is 11.6 Å². The van der Waals surface area contributed by atoms with Crippen molar-refractivity contribution in [2.75, 3.05) is 26.2 Å². The van der Waals surface area contributed by atoms with Crippen LogP contribution in [0.1, 0.15) is 18.5 Å². The van der Waals surface area contributed by atoms with Crippen LogP contribution in [0.25, 0.3) is 0 Å². The summed E-state index contributed by atoms with van der Waals surface area (Å²) in [5, 5.41) is 0. The molecule has 0 radical (unpaired) electrons. The summed E-state index contributed by atoms with van der Waals surface area (Å²) in [7, 11) is 0. The van der Waals surface area contributed by atoms with Crippen LogP contribution in [0.15, 0.2) is 18.2 Å². The van der Waals surface area contributed by atoms with Gasteiger partial charge in [0.05, 0.1) is 18.8 Å². The van der Waals surface area contributed by atoms with Crippen LogP contribution in [0.2, 0.25) is 0 Å². The number of likely N-dealkylation sites (N-methyl/N-ethyl adjacent to an activating group) is 1. The van der Waals surface area contributed by atoms with Gasteiger partial charge in [-0.1, -0.05) is 13.0 Å². The van der Waals surface area contributed by atoms with Gasteiger partial charge in [-0.15, -0.1) is 0 Å². The summed E-state index contributed by atoms with van der Waals surface area (Å²) < 4.78 is 31.9. The van der Waals surface area contributed by atoms with Crippen molar-refractivity contribution in [3.63, 3.8) is 0 Å². The third kappa shape index (κ3) is 2.53. The predicted octanol–water partition coefficient (Wildman–Crippen LogP) is 1.69. The summed E-state index contributed by atoms with van der Waals surface area (Å²) in [6.07, 6.45) is -0.177. The van der Waals surface area contributed by atoms with Gasteiger partial charge in [-0.3, -0.25) is 4.90 Å². The van der Waals surface area contributed by atoms with Crippen LogP contribution in [-0.2, 0) is 4.74 Å². The predicted molar refractivity (Wildman–Crippen MR) is 65.1 cm³/mol. The number of hydrogen-bond acceptors (Lipinski definition) is 3. The minimum Gasteiger partial charge on any atom is -0.374 e. The molecule has 1 saturated heterocycles. The lowest BCUT2D eigenvalue weighted by molar-refractivity contribution is -0.0659. The highest BCUT2D eigenvalue weighted by molar-refractivity contribution is 5.23. The van der Waals surface area contributed by atoms with E-state index in [4.69, 9.17) is 10.5 Å². The highest BCUT2D eigenvalue weighted by Crippen LogP contribution is 2.29. The molecule has 0 spiro atoms. The van der Waals surface area contributed by atoms with E-state index in [1.54, 1.807) is 6.07 Å². The van der Waals surface area contributed by atoms with Crippen LogP contribution in [-0.4, -0.2) is 37.2 Å². The minimum atomic E-state index is -0.831. The van der Waals surface area contributed by atoms with Gasteiger partial charge in [-0.05, 0) is 24.2 Å². The molecule has 1 fully saturated rings. The first-order chi connectivity index (χ1) is 8.67. The fraction of sp³-hybridized carbons (Fsp3) is 0.538. The Bertz CT molecular complexity index is 402. The van der Waals surface area contributed by atoms with E-state index in [1.807, 2.05) is 6.92 Å². The number of hydrogen-bond donors (Lipinski definition) is 1. The summed E-state index contributed by atoms with van der Waals surface area (Å²) >= 11 is 0. The van der Waals surface area contributed by atoms with E-state index in [-0.39, 0.29) is 12.1 Å². The number of nitrogens with two attached hydrogens (primary N) is 1. The first-order valence-corrected chi connectivity index (χ1v) is 6.18. The number of halogens is 2. The Morgan fingerprint density at radius 2 is 2.17 bits per heavy atom. The minimum absolute atomic E-state index is 0.108. The van der Waals surface area contributed by atoms with Gasteiger partial charge in [-0.25, -0.2) is 8.78 Å². The normalized spacial score (nSPS) is 25.3. The van der Waals surface area contributed by atoms with Gasteiger partial charge in [0.15, 0.2) is 11.6 Å². The molecule has 2 rings (SSSR count). The quantitative estimate of drug-likeness (QED) is 0.894. The van der Waals surface area contributed by atoms with Crippen LogP contribution in [0.3, 0.4) is 0 Å². The molecule has 1 aliphatic rings. The molecule has 1 aromatic carbocycles. The first kappa shape index (κ1) is 13.4. The molecule has 5 heteroatoms. The molecule has 0 saturated carbocycles. The topological polar surface area (TPSA) is 38.5 Å². The second-order valence-electron chi connectivity index (χ2n) is 4.39. The second-order valence-corrected chi connectivity index (χ2v) is 4.39. The number of ether oxygens (including phenoxy) is 1. The summed E-state index contributed by atoms with van der Waals surface area (Å²) in [4.78, 5) is 2.17. The molecule has 1 aliphatic heterocycles. The molecule has 18 heavy (non-hydrogen) atoms. The van der Waals surface area contributed by atoms with Crippen molar-refractivity contribution >= 4 is 0 Å². The van der Waals surface area contributed by atoms with Crippen molar-refractivity contribution in [2.45, 2.75) is 19.1 Å². The van der Waals surface area contributed by atoms with Crippen LogP contribution in [0.4, 0.5) is 8.78 Å². The molecule has 0 amide bonds. The van der Waals surface area contributed by atoms with Gasteiger partial charge in [0, 0.05) is 13.1 Å². The Morgan fingerprint density at radius 3 is 2.78 bits per heavy atom. The fourth-order valence-corrected chi connectivity index (χ4v) is 2.46. The van der Waals surface area contributed by atoms with Gasteiger partial charge >= 0.3 is 0 Å². The van der Waals surface area contributed by atoms with Crippen molar-refractivity contribution < 1.29 is 13.5 Å². The van der Waals surface area contributed by atoms with Crippen LogP contribution in [0.5, 0.6) is 0 Å². The fourth-order valence-electron chi connectivity index (χ4n) is 2.46. The molecule has 2 unspecified atom stereocenters. The summed E-state index contributed by atoms with van der Waals surface area (Å²) in [5.74, 6) is -1.66. The molecule has 3 nitrogen and oxygen atoms in total. The van der Waals surface area contributed by atoms with E-state index in [1.165, 1.54) is 6.07 Å². The molecular formula is C13H18F2N2O. The van der Waals surface area contributed by atoms with Crippen molar-refractivity contribution in [1.82, 2.24) is 4.90 Å². The largest absolute Gasteiger partial charge is 0.374 e. The van der Waals surface area contributed by atoms with Crippen molar-refractivity contribution in [2.24, 2.45) is 5.73 Å². The molecule has 2 N–H and O–H groups in total. The highest BCUT2D eigenvalue weighted by Gasteiger charge is 2.32. The summed E-state index contributed by atoms with van der Waals surface area (Å²) in [6.45, 7) is 4.61. The lowest BCUT2D eigenvalue weighted by Gasteiger charge is -2.40. The molecule has 100 valence electrons. The lowest BCUT2D eigenvalue weighted by Crippen LogP contribution is -2.48. The van der Waals surface area contributed by atoms with Gasteiger partial charge in [-0.2, -0.15) is 0 Å². The van der Waals surface area contributed by atoms with Gasteiger partial charge in [0.1, 0.15) is 0 Å². The molecular weight excluding hydrogens is 238 g/mol. The monoisotopic (exact) mass is 256 g/mol. The Kier molecular flexibility index (Phi) is 4.27. The Labute approximate surface area is 106 Å². The van der Waals surface area contributed by atoms with Crippen LogP contribution < -0.4 is 5.73 Å². The number of benzene rings is 1. The van der Waals surface area contributed by atoms with Gasteiger partial charge in [0.2, 0.25) is 0 Å². The number of nitrogens with zero attached hydrogens (tertiary/aromatic N) is 1. The third-order valence-electron chi connectivity index (χ3n) is 3.38. The lowest BCUT2D eigenvalue weighted by atomic mass is 9.97. The smallest absolute Gasteiger partial charge is 0.159 e. The van der Waals surface area contributed by atoms with E-state index >= 15 is 0 Å². The standard InChI is InChI=1S/C13H18F2N2O/c1-2-17-5-6-18-12(8-16)13(17)9-3-4-10(14)11(15)7-9/h3-4,7,12-13H,2,5-6,8,16H2,1H3. The number of morpholine rings is 1. The SMILES string of the molecule is CCN1CCOC(CN)C1c1ccc(F)c(F)c1. The second kappa shape index (κ2) is 5.73. The first-order valence-electron chi connectivity index (χ1n) is 6.18. The zero-order valence-corrected chi connectivity index (χ0v) is 10.4. The van der Waals surface area contributed by atoms with E-state index < -0.39 is 11.6 Å². The van der Waals surface area contributed by atoms with Gasteiger partial charge < -0.3 is 10.5 Å². The molecule has 1 heterocycles. The molecule has 0 bridgehead atoms. The maximum Gasteiger partial charge on any atom is 0.159 e. The Morgan fingerprint density at radius 1 is 1.39 bits per heavy atom. The average molecular weight is 256 g/mol. The zero-order valence-electron chi connectivity index (χ0n) is 10.4. The van der Waals surface area contributed by atoms with Crippen LogP contribution >= 0.6 is 0 Å². The van der Waals surface area contributed by atoms with E-state index in [0.717, 1.165) is 19.2 Å². The van der Waals surface area contributed by atoms with E-state index in [2.05, 4.69) is 4.90 Å². The average Bonchev–Trinajstić information content (AvgIpc) is 2.41. The Hall–Kier alpha value is -1.04. The van der Waals surface area contributed by atoms with E-state index in [0.29, 0.717) is 18.7 Å². The van der Waals surface area contributed by atoms with Crippen molar-refractivity contribution in [3.8, 4) is 0 Å². The molecule has 2 atom stereocenters. The van der Waals surface area contributed by atoms with Crippen molar-refractivity contribution in [1.29, 1.82) is 0 Å². The van der Waals surface area contributed by atoms with E-state index in [9.17, 15) is 8.78 Å². The Balaban J connectivity index is 2.32. The maximum atomic E-state index is 13.3. The zero-order chi connectivity index (χ0) is 13.1. The number of rotatable bonds is 3. The summed E-state index contributed by atoms with van der Waals surface area (Å²) in [6, 6.07) is 3.88.